The summed E-state index contributed by atoms with van der Waals surface area (Å²) in [5.41, 5.74) is 3.55. The van der Waals surface area contributed by atoms with Gasteiger partial charge in [0.15, 0.2) is 0 Å². The number of aliphatic hydroxyl groups is 1. The van der Waals surface area contributed by atoms with Gasteiger partial charge in [-0.3, -0.25) is 0 Å². The molecule has 6 heteroatoms. The number of hydrogen-bond donors (Lipinski definition) is 2. The van der Waals surface area contributed by atoms with Crippen LogP contribution >= 0.6 is 11.6 Å². The largest absolute Gasteiger partial charge is 0.425 e. The van der Waals surface area contributed by atoms with Crippen LogP contribution in [0.2, 0.25) is 5.02 Å². The van der Waals surface area contributed by atoms with Gasteiger partial charge in [-0.15, -0.1) is 0 Å². The number of alkyl halides is 3. The van der Waals surface area contributed by atoms with Crippen LogP contribution in [0.1, 0.15) is 16.7 Å². The molecule has 0 bridgehead atoms. The van der Waals surface area contributed by atoms with Crippen LogP contribution < -0.4 is 5.73 Å². The Labute approximate surface area is 137 Å². The van der Waals surface area contributed by atoms with Crippen molar-refractivity contribution in [1.82, 2.24) is 0 Å². The second-order valence-corrected chi connectivity index (χ2v) is 5.66. The number of anilines is 1. The van der Waals surface area contributed by atoms with E-state index < -0.39 is 11.8 Å². The molecule has 0 aliphatic rings. The fourth-order valence-corrected chi connectivity index (χ4v) is 2.18. The summed E-state index contributed by atoms with van der Waals surface area (Å²) in [4.78, 5) is 0. The first-order chi connectivity index (χ1) is 10.6. The van der Waals surface area contributed by atoms with Crippen LogP contribution in [-0.4, -0.2) is 11.3 Å². The number of nitrogen functional groups attached to an aromatic ring is 1. The maximum absolute atomic E-state index is 13.4. The van der Waals surface area contributed by atoms with Crippen molar-refractivity contribution in [2.75, 3.05) is 5.73 Å². The number of benzene rings is 2. The van der Waals surface area contributed by atoms with Crippen molar-refractivity contribution in [1.29, 1.82) is 0 Å². The monoisotopic (exact) mass is 341 g/mol. The molecule has 1 unspecified atom stereocenters. The summed E-state index contributed by atoms with van der Waals surface area (Å²) in [5.74, 6) is 0. The highest BCUT2D eigenvalue weighted by molar-refractivity contribution is 6.30. The molecule has 2 rings (SSSR count). The van der Waals surface area contributed by atoms with Crippen molar-refractivity contribution < 1.29 is 18.3 Å². The number of rotatable bonds is 3. The Balaban J connectivity index is 2.47. The molecule has 1 atom stereocenters. The zero-order chi connectivity index (χ0) is 17.3. The lowest BCUT2D eigenvalue weighted by Gasteiger charge is -2.28. The van der Waals surface area contributed by atoms with Crippen LogP contribution in [0.15, 0.2) is 48.5 Å². The van der Waals surface area contributed by atoms with E-state index in [0.717, 1.165) is 6.08 Å². The summed E-state index contributed by atoms with van der Waals surface area (Å²) < 4.78 is 40.3. The fraction of sp³-hybridized carbons (Fsp3) is 0.176. The van der Waals surface area contributed by atoms with E-state index in [1.807, 2.05) is 0 Å². The van der Waals surface area contributed by atoms with Crippen molar-refractivity contribution in [3.05, 3.63) is 70.3 Å². The van der Waals surface area contributed by atoms with Gasteiger partial charge >= 0.3 is 6.18 Å². The van der Waals surface area contributed by atoms with Gasteiger partial charge < -0.3 is 10.8 Å². The van der Waals surface area contributed by atoms with Crippen molar-refractivity contribution in [3.8, 4) is 0 Å². The van der Waals surface area contributed by atoms with Crippen molar-refractivity contribution in [3.63, 3.8) is 0 Å². The number of nitrogens with two attached hydrogens (primary N) is 1. The normalized spacial score (nSPS) is 14.9. The van der Waals surface area contributed by atoms with Crippen LogP contribution in [0, 0.1) is 6.92 Å². The molecular formula is C17H15ClF3NO. The molecule has 0 saturated carbocycles. The first kappa shape index (κ1) is 17.4. The molecule has 0 aromatic heterocycles. The van der Waals surface area contributed by atoms with Gasteiger partial charge in [0.1, 0.15) is 0 Å². The molecule has 0 amide bonds. The molecule has 2 aromatic carbocycles. The third-order valence-electron chi connectivity index (χ3n) is 3.53. The van der Waals surface area contributed by atoms with Gasteiger partial charge in [0.25, 0.3) is 0 Å². The van der Waals surface area contributed by atoms with Gasteiger partial charge in [-0.25, -0.2) is 0 Å². The molecule has 0 aliphatic heterocycles. The molecular weight excluding hydrogens is 327 g/mol. The summed E-state index contributed by atoms with van der Waals surface area (Å²) in [7, 11) is 0. The van der Waals surface area contributed by atoms with E-state index in [9.17, 15) is 18.3 Å². The molecule has 122 valence electrons. The Morgan fingerprint density at radius 1 is 1.09 bits per heavy atom. The summed E-state index contributed by atoms with van der Waals surface area (Å²) in [5, 5.41) is 10.7. The predicted octanol–water partition coefficient (Wildman–Crippen LogP) is 4.69. The fourth-order valence-electron chi connectivity index (χ4n) is 2.06. The Bertz CT molecular complexity index is 726. The standard InChI is InChI=1S/C17H15ClF3NO/c1-11-10-13(4-7-15(11)22)16(23,17(19,20)21)9-8-12-2-5-14(18)6-3-12/h2-10,23H,22H2,1H3. The molecule has 0 fully saturated rings. The quantitative estimate of drug-likeness (QED) is 0.795. The molecule has 0 spiro atoms. The second-order valence-electron chi connectivity index (χ2n) is 5.22. The van der Waals surface area contributed by atoms with Gasteiger partial charge in [0.2, 0.25) is 5.60 Å². The summed E-state index contributed by atoms with van der Waals surface area (Å²) >= 11 is 5.74. The maximum atomic E-state index is 13.4. The molecule has 0 heterocycles. The molecule has 3 N–H and O–H groups in total. The van der Waals surface area contributed by atoms with Gasteiger partial charge in [-0.1, -0.05) is 41.9 Å². The van der Waals surface area contributed by atoms with E-state index >= 15 is 0 Å². The summed E-state index contributed by atoms with van der Waals surface area (Å²) in [6, 6.07) is 9.98. The minimum atomic E-state index is -4.88. The molecule has 0 aliphatic carbocycles. The average molecular weight is 342 g/mol. The molecule has 0 saturated heterocycles. The smallest absolute Gasteiger partial charge is 0.399 e. The lowest BCUT2D eigenvalue weighted by molar-refractivity contribution is -0.244. The highest BCUT2D eigenvalue weighted by atomic mass is 35.5. The SMILES string of the molecule is Cc1cc(C(O)(C=Cc2ccc(Cl)cc2)C(F)(F)F)ccc1N. The molecule has 23 heavy (non-hydrogen) atoms. The number of halogens is 4. The molecule has 2 aromatic rings. The third-order valence-corrected chi connectivity index (χ3v) is 3.78. The van der Waals surface area contributed by atoms with Crippen molar-refractivity contribution >= 4 is 23.4 Å². The highest BCUT2D eigenvalue weighted by Gasteiger charge is 2.53. The van der Waals surface area contributed by atoms with E-state index in [0.29, 0.717) is 21.8 Å². The number of hydrogen-bond acceptors (Lipinski definition) is 2. The van der Waals surface area contributed by atoms with E-state index in [2.05, 4.69) is 0 Å². The Kier molecular flexibility index (Phi) is 4.73. The van der Waals surface area contributed by atoms with Gasteiger partial charge in [-0.05, 0) is 47.9 Å². The number of aryl methyl sites for hydroxylation is 1. The van der Waals surface area contributed by atoms with Gasteiger partial charge in [-0.2, -0.15) is 13.2 Å². The van der Waals surface area contributed by atoms with Gasteiger partial charge in [0.05, 0.1) is 0 Å². The molecule has 0 radical (unpaired) electrons. The summed E-state index contributed by atoms with van der Waals surface area (Å²) in [6.45, 7) is 1.58. The van der Waals surface area contributed by atoms with Crippen LogP contribution in [0.3, 0.4) is 0 Å². The van der Waals surface area contributed by atoms with E-state index in [-0.39, 0.29) is 5.56 Å². The average Bonchev–Trinajstić information content (AvgIpc) is 2.48. The lowest BCUT2D eigenvalue weighted by Crippen LogP contribution is -2.40. The minimum Gasteiger partial charge on any atom is -0.399 e. The second kappa shape index (κ2) is 6.26. The van der Waals surface area contributed by atoms with Crippen LogP contribution in [0.4, 0.5) is 18.9 Å². The van der Waals surface area contributed by atoms with Crippen LogP contribution in [0.25, 0.3) is 6.08 Å². The maximum Gasteiger partial charge on any atom is 0.425 e. The van der Waals surface area contributed by atoms with Crippen molar-refractivity contribution in [2.45, 2.75) is 18.7 Å². The summed E-state index contributed by atoms with van der Waals surface area (Å²) in [6.07, 6.45) is -2.95. The van der Waals surface area contributed by atoms with Crippen LogP contribution in [-0.2, 0) is 5.60 Å². The van der Waals surface area contributed by atoms with E-state index in [1.54, 1.807) is 31.2 Å². The first-order valence-corrected chi connectivity index (χ1v) is 7.12. The zero-order valence-corrected chi connectivity index (χ0v) is 13.0. The zero-order valence-electron chi connectivity index (χ0n) is 12.2. The Hall–Kier alpha value is -1.98. The highest BCUT2D eigenvalue weighted by Crippen LogP contribution is 2.41. The topological polar surface area (TPSA) is 46.2 Å². The lowest BCUT2D eigenvalue weighted by atomic mass is 9.90. The van der Waals surface area contributed by atoms with Crippen LogP contribution in [0.5, 0.6) is 0 Å². The minimum absolute atomic E-state index is 0.290. The predicted molar refractivity (Wildman–Crippen MR) is 86.0 cm³/mol. The Morgan fingerprint density at radius 3 is 2.22 bits per heavy atom. The first-order valence-electron chi connectivity index (χ1n) is 6.74. The van der Waals surface area contributed by atoms with E-state index in [4.69, 9.17) is 17.3 Å². The Morgan fingerprint density at radius 2 is 1.70 bits per heavy atom. The molecule has 2 nitrogen and oxygen atoms in total. The third kappa shape index (κ3) is 3.68. The van der Waals surface area contributed by atoms with E-state index in [1.165, 1.54) is 24.3 Å². The van der Waals surface area contributed by atoms with Gasteiger partial charge in [0, 0.05) is 10.7 Å². The van der Waals surface area contributed by atoms with Crippen molar-refractivity contribution in [2.24, 2.45) is 0 Å².